The molecule has 0 aromatic carbocycles. The van der Waals surface area contributed by atoms with Gasteiger partial charge in [0.2, 0.25) is 0 Å². The maximum Gasteiger partial charge on any atom is 0.0207 e. The molecule has 0 aromatic heterocycles. The fourth-order valence-corrected chi connectivity index (χ4v) is 5.70. The van der Waals surface area contributed by atoms with Gasteiger partial charge in [0, 0.05) is 51.2 Å². The first-order chi connectivity index (χ1) is 13.2. The molecule has 4 heteroatoms. The van der Waals surface area contributed by atoms with Crippen LogP contribution in [0.1, 0.15) is 59.3 Å². The first-order valence-electron chi connectivity index (χ1n) is 12.1. The Kier molecular flexibility index (Phi) is 8.43. The number of hydrogen-bond donors (Lipinski definition) is 1. The standard InChI is InChI=1S/C21H40N4.C2H6/c1-2-3-8-23-9-4-5-20(13-23)14-24-10-6-19(7-11-24)12-25-17-21(18-25)15-22-16-21;1-2/h19-20,22H,2-18H2,1H3;1-2H3. The molecule has 4 aliphatic heterocycles. The van der Waals surface area contributed by atoms with Crippen LogP contribution in [0.4, 0.5) is 0 Å². The van der Waals surface area contributed by atoms with Crippen LogP contribution in [0.5, 0.6) is 0 Å². The number of rotatable bonds is 7. The van der Waals surface area contributed by atoms with Crippen LogP contribution in [0, 0.1) is 17.3 Å². The molecule has 1 N–H and O–H groups in total. The number of piperidine rings is 2. The van der Waals surface area contributed by atoms with Crippen molar-refractivity contribution in [3.05, 3.63) is 0 Å². The van der Waals surface area contributed by atoms with Gasteiger partial charge in [-0.25, -0.2) is 0 Å². The summed E-state index contributed by atoms with van der Waals surface area (Å²) in [5.74, 6) is 1.90. The number of likely N-dealkylation sites (tertiary alicyclic amines) is 3. The first-order valence-corrected chi connectivity index (χ1v) is 12.1. The van der Waals surface area contributed by atoms with Crippen LogP contribution in [0.25, 0.3) is 0 Å². The number of hydrogen-bond acceptors (Lipinski definition) is 4. The highest BCUT2D eigenvalue weighted by Crippen LogP contribution is 2.35. The summed E-state index contributed by atoms with van der Waals surface area (Å²) in [6, 6.07) is 0. The SMILES string of the molecule is CC.CCCCN1CCCC(CN2CCC(CN3CC4(CNC4)C3)CC2)C1. The van der Waals surface area contributed by atoms with Crippen molar-refractivity contribution in [3.8, 4) is 0 Å². The topological polar surface area (TPSA) is 21.8 Å². The molecule has 0 aromatic rings. The van der Waals surface area contributed by atoms with E-state index in [1.807, 2.05) is 13.8 Å². The molecule has 0 aliphatic carbocycles. The van der Waals surface area contributed by atoms with E-state index in [-0.39, 0.29) is 0 Å². The quantitative estimate of drug-likeness (QED) is 0.734. The third-order valence-corrected chi connectivity index (χ3v) is 7.29. The minimum Gasteiger partial charge on any atom is -0.315 e. The fraction of sp³-hybridized carbons (Fsp3) is 1.00. The predicted octanol–water partition coefficient (Wildman–Crippen LogP) is 3.14. The van der Waals surface area contributed by atoms with Crippen LogP contribution in [0.2, 0.25) is 0 Å². The van der Waals surface area contributed by atoms with E-state index in [0.29, 0.717) is 5.41 Å². The summed E-state index contributed by atoms with van der Waals surface area (Å²) < 4.78 is 0. The van der Waals surface area contributed by atoms with Gasteiger partial charge < -0.3 is 20.0 Å². The van der Waals surface area contributed by atoms with E-state index < -0.39 is 0 Å². The van der Waals surface area contributed by atoms with Gasteiger partial charge >= 0.3 is 0 Å². The summed E-state index contributed by atoms with van der Waals surface area (Å²) in [7, 11) is 0. The zero-order valence-electron chi connectivity index (χ0n) is 18.5. The second-order valence-corrected chi connectivity index (χ2v) is 9.68. The van der Waals surface area contributed by atoms with Gasteiger partial charge in [-0.05, 0) is 70.1 Å². The molecule has 4 nitrogen and oxygen atoms in total. The molecule has 4 aliphatic rings. The van der Waals surface area contributed by atoms with Crippen LogP contribution in [0.15, 0.2) is 0 Å². The van der Waals surface area contributed by atoms with Gasteiger partial charge in [-0.2, -0.15) is 0 Å². The lowest BCUT2D eigenvalue weighted by molar-refractivity contribution is -0.0515. The third kappa shape index (κ3) is 5.91. The van der Waals surface area contributed by atoms with Crippen molar-refractivity contribution in [1.29, 1.82) is 0 Å². The van der Waals surface area contributed by atoms with E-state index in [0.717, 1.165) is 11.8 Å². The average molecular weight is 379 g/mol. The molecular formula is C23H46N4. The monoisotopic (exact) mass is 378 g/mol. The molecule has 0 saturated carbocycles. The number of nitrogens with one attached hydrogen (secondary N) is 1. The Bertz CT molecular complexity index is 407. The van der Waals surface area contributed by atoms with Crippen molar-refractivity contribution in [1.82, 2.24) is 20.0 Å². The van der Waals surface area contributed by atoms with Gasteiger partial charge in [0.1, 0.15) is 0 Å². The zero-order chi connectivity index (χ0) is 19.1. The Morgan fingerprint density at radius 3 is 2.19 bits per heavy atom. The molecule has 158 valence electrons. The molecule has 4 heterocycles. The number of unbranched alkanes of at least 4 members (excludes halogenated alkanes) is 1. The summed E-state index contributed by atoms with van der Waals surface area (Å²) >= 11 is 0. The van der Waals surface area contributed by atoms with E-state index in [1.54, 1.807) is 0 Å². The Morgan fingerprint density at radius 1 is 0.852 bits per heavy atom. The van der Waals surface area contributed by atoms with E-state index in [1.165, 1.54) is 111 Å². The Balaban J connectivity index is 0.00000102. The average Bonchev–Trinajstić information content (AvgIpc) is 2.64. The maximum atomic E-state index is 3.45. The van der Waals surface area contributed by atoms with E-state index in [4.69, 9.17) is 0 Å². The van der Waals surface area contributed by atoms with Gasteiger partial charge in [-0.3, -0.25) is 0 Å². The van der Waals surface area contributed by atoms with Gasteiger partial charge in [-0.1, -0.05) is 27.2 Å². The summed E-state index contributed by atoms with van der Waals surface area (Å²) in [5.41, 5.74) is 0.700. The van der Waals surface area contributed by atoms with Gasteiger partial charge in [0.15, 0.2) is 0 Å². The second kappa shape index (κ2) is 10.6. The van der Waals surface area contributed by atoms with E-state index >= 15 is 0 Å². The zero-order valence-corrected chi connectivity index (χ0v) is 18.5. The number of nitrogens with zero attached hydrogens (tertiary/aromatic N) is 3. The van der Waals surface area contributed by atoms with Gasteiger partial charge in [0.25, 0.3) is 0 Å². The van der Waals surface area contributed by atoms with Crippen molar-refractivity contribution in [3.63, 3.8) is 0 Å². The van der Waals surface area contributed by atoms with Crippen LogP contribution in [0.3, 0.4) is 0 Å². The van der Waals surface area contributed by atoms with Crippen molar-refractivity contribution >= 4 is 0 Å². The summed E-state index contributed by atoms with van der Waals surface area (Å²) in [5, 5.41) is 3.45. The van der Waals surface area contributed by atoms with Crippen molar-refractivity contribution in [2.24, 2.45) is 17.3 Å². The molecule has 0 radical (unpaired) electrons. The second-order valence-electron chi connectivity index (χ2n) is 9.68. The molecule has 0 bridgehead atoms. The summed E-state index contributed by atoms with van der Waals surface area (Å²) in [6.07, 6.45) is 8.49. The van der Waals surface area contributed by atoms with Crippen LogP contribution in [-0.2, 0) is 0 Å². The lowest BCUT2D eigenvalue weighted by Crippen LogP contribution is -2.71. The Morgan fingerprint density at radius 2 is 1.56 bits per heavy atom. The third-order valence-electron chi connectivity index (χ3n) is 7.29. The molecule has 1 atom stereocenters. The molecule has 27 heavy (non-hydrogen) atoms. The van der Waals surface area contributed by atoms with Crippen LogP contribution < -0.4 is 5.32 Å². The predicted molar refractivity (Wildman–Crippen MR) is 116 cm³/mol. The lowest BCUT2D eigenvalue weighted by atomic mass is 9.74. The molecule has 0 amide bonds. The molecule has 4 fully saturated rings. The lowest BCUT2D eigenvalue weighted by Gasteiger charge is -2.57. The molecule has 1 spiro atoms. The van der Waals surface area contributed by atoms with Crippen molar-refractivity contribution in [2.75, 3.05) is 72.0 Å². The van der Waals surface area contributed by atoms with Crippen LogP contribution >= 0.6 is 0 Å². The summed E-state index contributed by atoms with van der Waals surface area (Å²) in [6.45, 7) is 21.1. The summed E-state index contributed by atoms with van der Waals surface area (Å²) in [4.78, 5) is 8.26. The maximum absolute atomic E-state index is 3.45. The van der Waals surface area contributed by atoms with E-state index in [9.17, 15) is 0 Å². The molecule has 1 unspecified atom stereocenters. The van der Waals surface area contributed by atoms with Crippen LogP contribution in [-0.4, -0.2) is 86.7 Å². The van der Waals surface area contributed by atoms with E-state index in [2.05, 4.69) is 26.9 Å². The molecule has 4 saturated heterocycles. The fourth-order valence-electron chi connectivity index (χ4n) is 5.70. The largest absolute Gasteiger partial charge is 0.315 e. The highest BCUT2D eigenvalue weighted by molar-refractivity contribution is 5.04. The van der Waals surface area contributed by atoms with Gasteiger partial charge in [0.05, 0.1) is 0 Å². The normalized spacial score (nSPS) is 29.7. The minimum absolute atomic E-state index is 0.700. The highest BCUT2D eigenvalue weighted by atomic mass is 15.3. The Labute approximate surface area is 169 Å². The minimum atomic E-state index is 0.700. The smallest absolute Gasteiger partial charge is 0.0207 e. The van der Waals surface area contributed by atoms with Gasteiger partial charge in [-0.15, -0.1) is 0 Å². The molecular weight excluding hydrogens is 332 g/mol. The first kappa shape index (κ1) is 21.5. The Hall–Kier alpha value is -0.160. The molecule has 4 rings (SSSR count). The van der Waals surface area contributed by atoms with Crippen molar-refractivity contribution < 1.29 is 0 Å². The highest BCUT2D eigenvalue weighted by Gasteiger charge is 2.47. The van der Waals surface area contributed by atoms with Crippen molar-refractivity contribution in [2.45, 2.75) is 59.3 Å².